The molecular weight excluding hydrogens is 360 g/mol. The zero-order chi connectivity index (χ0) is 18.3. The van der Waals surface area contributed by atoms with Crippen LogP contribution in [-0.2, 0) is 21.4 Å². The molecule has 7 heteroatoms. The molecular formula is C18H27ClN2O3S. The Balaban J connectivity index is 1.91. The molecule has 1 aromatic carbocycles. The van der Waals surface area contributed by atoms with E-state index < -0.39 is 10.0 Å². The minimum atomic E-state index is -3.42. The third-order valence-corrected chi connectivity index (χ3v) is 6.20. The fourth-order valence-electron chi connectivity index (χ4n) is 3.13. The Morgan fingerprint density at radius 3 is 2.44 bits per heavy atom. The van der Waals surface area contributed by atoms with Crippen LogP contribution in [0.25, 0.3) is 0 Å². The molecule has 0 bridgehead atoms. The van der Waals surface area contributed by atoms with Crippen LogP contribution in [0, 0.1) is 0 Å². The van der Waals surface area contributed by atoms with E-state index in [0.29, 0.717) is 5.02 Å². The van der Waals surface area contributed by atoms with Gasteiger partial charge in [-0.15, -0.1) is 0 Å². The first kappa shape index (κ1) is 20.2. The van der Waals surface area contributed by atoms with Crippen molar-refractivity contribution in [3.05, 3.63) is 34.9 Å². The Morgan fingerprint density at radius 2 is 1.84 bits per heavy atom. The molecule has 1 aliphatic rings. The van der Waals surface area contributed by atoms with Crippen molar-refractivity contribution in [3.8, 4) is 0 Å². The van der Waals surface area contributed by atoms with Crippen molar-refractivity contribution in [3.63, 3.8) is 0 Å². The van der Waals surface area contributed by atoms with Crippen molar-refractivity contribution >= 4 is 27.5 Å². The molecule has 0 radical (unpaired) electrons. The van der Waals surface area contributed by atoms with E-state index in [1.807, 2.05) is 6.07 Å². The van der Waals surface area contributed by atoms with Gasteiger partial charge in [0.15, 0.2) is 0 Å². The van der Waals surface area contributed by atoms with Crippen LogP contribution in [0.4, 0.5) is 0 Å². The van der Waals surface area contributed by atoms with Gasteiger partial charge in [0.05, 0.1) is 6.26 Å². The number of amides is 1. The van der Waals surface area contributed by atoms with Crippen LogP contribution >= 0.6 is 11.6 Å². The molecule has 1 fully saturated rings. The Bertz CT molecular complexity index is 671. The van der Waals surface area contributed by atoms with Crippen LogP contribution in [0.5, 0.6) is 0 Å². The van der Waals surface area contributed by atoms with Gasteiger partial charge in [0.1, 0.15) is 0 Å². The molecule has 1 amide bonds. The van der Waals surface area contributed by atoms with Crippen molar-refractivity contribution < 1.29 is 13.2 Å². The van der Waals surface area contributed by atoms with E-state index in [2.05, 4.69) is 5.32 Å². The molecule has 0 aliphatic heterocycles. The van der Waals surface area contributed by atoms with Gasteiger partial charge in [0.2, 0.25) is 15.9 Å². The average molecular weight is 387 g/mol. The zero-order valence-electron chi connectivity index (χ0n) is 14.7. The smallest absolute Gasteiger partial charge is 0.221 e. The largest absolute Gasteiger partial charge is 0.353 e. The molecule has 1 saturated carbocycles. The van der Waals surface area contributed by atoms with Gasteiger partial charge in [-0.25, -0.2) is 8.42 Å². The Morgan fingerprint density at radius 1 is 1.20 bits per heavy atom. The normalized spacial score (nSPS) is 16.6. The van der Waals surface area contributed by atoms with Crippen LogP contribution in [0.1, 0.15) is 50.5 Å². The number of nitrogens with one attached hydrogen (secondary N) is 1. The molecule has 25 heavy (non-hydrogen) atoms. The lowest BCUT2D eigenvalue weighted by Crippen LogP contribution is -2.38. The molecule has 140 valence electrons. The lowest BCUT2D eigenvalue weighted by molar-refractivity contribution is -0.122. The number of nitrogens with zero attached hydrogens (tertiary/aromatic N) is 1. The number of carbonyl (C=O) groups excluding carboxylic acids is 1. The van der Waals surface area contributed by atoms with E-state index in [9.17, 15) is 13.2 Å². The summed E-state index contributed by atoms with van der Waals surface area (Å²) in [7, 11) is -3.42. The second kappa shape index (κ2) is 9.55. The maximum absolute atomic E-state index is 12.2. The zero-order valence-corrected chi connectivity index (χ0v) is 16.3. The molecule has 5 nitrogen and oxygen atoms in total. The van der Waals surface area contributed by atoms with Gasteiger partial charge in [-0.1, -0.05) is 55.5 Å². The molecule has 0 saturated heterocycles. The molecule has 1 aliphatic carbocycles. The second-order valence-electron chi connectivity index (χ2n) is 6.69. The summed E-state index contributed by atoms with van der Waals surface area (Å²) in [5.74, 6) is -0.0836. The predicted octanol–water partition coefficient (Wildman–Crippen LogP) is 3.33. The second-order valence-corrected chi connectivity index (χ2v) is 9.08. The fraction of sp³-hybridized carbons (Fsp3) is 0.611. The van der Waals surface area contributed by atoms with Crippen LogP contribution in [0.3, 0.4) is 0 Å². The van der Waals surface area contributed by atoms with E-state index in [1.54, 1.807) is 18.2 Å². The highest BCUT2D eigenvalue weighted by Gasteiger charge is 2.20. The molecule has 1 N–H and O–H groups in total. The number of sulfonamides is 1. The number of carbonyl (C=O) groups is 1. The fourth-order valence-corrected chi connectivity index (χ4v) is 4.12. The van der Waals surface area contributed by atoms with Gasteiger partial charge in [-0.2, -0.15) is 4.31 Å². The van der Waals surface area contributed by atoms with Crippen LogP contribution in [-0.4, -0.2) is 37.5 Å². The summed E-state index contributed by atoms with van der Waals surface area (Å²) in [6.07, 6.45) is 8.10. The maximum atomic E-state index is 12.2. The number of rotatable bonds is 7. The number of halogens is 1. The molecule has 2 rings (SSSR count). The monoisotopic (exact) mass is 386 g/mol. The Labute approximate surface area is 155 Å². The lowest BCUT2D eigenvalue weighted by Gasteiger charge is -2.21. The van der Waals surface area contributed by atoms with Gasteiger partial charge in [-0.3, -0.25) is 4.79 Å². The van der Waals surface area contributed by atoms with Gasteiger partial charge in [0, 0.05) is 30.6 Å². The standard InChI is InChI=1S/C18H27ClN2O3S/c1-25(23,24)21(14-15-8-6-7-11-17(15)19)13-12-18(22)20-16-9-4-2-3-5-10-16/h6-8,11,16H,2-5,9-10,12-14H2,1H3,(H,20,22). The summed E-state index contributed by atoms with van der Waals surface area (Å²) in [6.45, 7) is 0.331. The third kappa shape index (κ3) is 6.96. The van der Waals surface area contributed by atoms with Crippen molar-refractivity contribution in [2.45, 2.75) is 57.5 Å². The van der Waals surface area contributed by atoms with Gasteiger partial charge in [-0.05, 0) is 24.5 Å². The third-order valence-electron chi connectivity index (χ3n) is 4.58. The van der Waals surface area contributed by atoms with E-state index in [0.717, 1.165) is 37.5 Å². The van der Waals surface area contributed by atoms with Gasteiger partial charge in [0.25, 0.3) is 0 Å². The first-order valence-corrected chi connectivity index (χ1v) is 11.1. The predicted molar refractivity (Wildman–Crippen MR) is 101 cm³/mol. The van der Waals surface area contributed by atoms with Crippen LogP contribution in [0.2, 0.25) is 5.02 Å². The Kier molecular flexibility index (Phi) is 7.72. The molecule has 1 aromatic rings. The number of hydrogen-bond acceptors (Lipinski definition) is 3. The number of benzene rings is 1. The molecule has 0 aromatic heterocycles. The highest BCUT2D eigenvalue weighted by molar-refractivity contribution is 7.88. The van der Waals surface area contributed by atoms with E-state index >= 15 is 0 Å². The summed E-state index contributed by atoms with van der Waals surface area (Å²) in [5, 5.41) is 3.58. The van der Waals surface area contributed by atoms with Crippen molar-refractivity contribution in [2.24, 2.45) is 0 Å². The molecule has 0 atom stereocenters. The summed E-state index contributed by atoms with van der Waals surface area (Å²) in [6, 6.07) is 7.38. The minimum Gasteiger partial charge on any atom is -0.353 e. The summed E-state index contributed by atoms with van der Waals surface area (Å²) < 4.78 is 25.4. The average Bonchev–Trinajstić information content (AvgIpc) is 2.80. The highest BCUT2D eigenvalue weighted by atomic mass is 35.5. The SMILES string of the molecule is CS(=O)(=O)N(CCC(=O)NC1CCCCCC1)Cc1ccccc1Cl. The Hall–Kier alpha value is -1.11. The van der Waals surface area contributed by atoms with Crippen LogP contribution < -0.4 is 5.32 Å². The quantitative estimate of drug-likeness (QED) is 0.731. The molecule has 0 heterocycles. The van der Waals surface area contributed by atoms with Crippen molar-refractivity contribution in [1.29, 1.82) is 0 Å². The topological polar surface area (TPSA) is 66.5 Å². The minimum absolute atomic E-state index is 0.0836. The summed E-state index contributed by atoms with van der Waals surface area (Å²) in [5.41, 5.74) is 0.735. The van der Waals surface area contributed by atoms with E-state index in [4.69, 9.17) is 11.6 Å². The van der Waals surface area contributed by atoms with Crippen LogP contribution in [0.15, 0.2) is 24.3 Å². The first-order chi connectivity index (χ1) is 11.9. The first-order valence-electron chi connectivity index (χ1n) is 8.84. The van der Waals surface area contributed by atoms with E-state index in [1.165, 1.54) is 17.1 Å². The van der Waals surface area contributed by atoms with Gasteiger partial charge >= 0.3 is 0 Å². The van der Waals surface area contributed by atoms with Gasteiger partial charge < -0.3 is 5.32 Å². The summed E-state index contributed by atoms with van der Waals surface area (Å²) >= 11 is 6.12. The van der Waals surface area contributed by atoms with Crippen molar-refractivity contribution in [1.82, 2.24) is 9.62 Å². The van der Waals surface area contributed by atoms with Crippen molar-refractivity contribution in [2.75, 3.05) is 12.8 Å². The highest BCUT2D eigenvalue weighted by Crippen LogP contribution is 2.19. The molecule has 0 unspecified atom stereocenters. The summed E-state index contributed by atoms with van der Waals surface area (Å²) in [4.78, 5) is 12.2. The maximum Gasteiger partial charge on any atom is 0.221 e. The van der Waals surface area contributed by atoms with E-state index in [-0.39, 0.29) is 31.5 Å². The number of hydrogen-bond donors (Lipinski definition) is 1. The molecule has 0 spiro atoms. The lowest BCUT2D eigenvalue weighted by atomic mass is 10.1.